The summed E-state index contributed by atoms with van der Waals surface area (Å²) in [5, 5.41) is 4.51. The highest BCUT2D eigenvalue weighted by Gasteiger charge is 2.30. The van der Waals surface area contributed by atoms with E-state index in [0.29, 0.717) is 26.2 Å². The Morgan fingerprint density at radius 3 is 2.12 bits per heavy atom. The van der Waals surface area contributed by atoms with Gasteiger partial charge in [0, 0.05) is 53.4 Å². The van der Waals surface area contributed by atoms with Crippen LogP contribution in [0.2, 0.25) is 0 Å². The van der Waals surface area contributed by atoms with Gasteiger partial charge in [0.25, 0.3) is 10.2 Å². The molecule has 2 heterocycles. The third kappa shape index (κ3) is 4.09. The normalized spacial score (nSPS) is 21.5. The molecule has 0 atom stereocenters. The van der Waals surface area contributed by atoms with Crippen molar-refractivity contribution in [3.63, 3.8) is 0 Å². The Morgan fingerprint density at radius 2 is 1.60 bits per heavy atom. The Labute approximate surface area is 149 Å². The van der Waals surface area contributed by atoms with E-state index in [0.717, 1.165) is 25.1 Å². The molecule has 0 amide bonds. The lowest BCUT2D eigenvalue weighted by Crippen LogP contribution is -2.57. The average molecular weight is 368 g/mol. The second-order valence-corrected chi connectivity index (χ2v) is 8.68. The van der Waals surface area contributed by atoms with Gasteiger partial charge in [-0.15, -0.1) is 0 Å². The van der Waals surface area contributed by atoms with E-state index in [4.69, 9.17) is 0 Å². The van der Waals surface area contributed by atoms with E-state index in [9.17, 15) is 12.8 Å². The molecule has 2 aliphatic rings. The van der Waals surface area contributed by atoms with Gasteiger partial charge in [0.1, 0.15) is 5.82 Å². The van der Waals surface area contributed by atoms with Crippen LogP contribution in [0.25, 0.3) is 5.57 Å². The third-order valence-corrected chi connectivity index (χ3v) is 6.75. The number of rotatable bonds is 4. The second-order valence-electron chi connectivity index (χ2n) is 6.54. The molecule has 0 aromatic heterocycles. The van der Waals surface area contributed by atoms with E-state index < -0.39 is 10.2 Å². The Hall–Kier alpha value is -1.32. The minimum Gasteiger partial charge on any atom is -0.239 e. The van der Waals surface area contributed by atoms with Gasteiger partial charge in [0.05, 0.1) is 0 Å². The zero-order valence-electron chi connectivity index (χ0n) is 14.7. The molecule has 2 aliphatic heterocycles. The number of hydrazine groups is 1. The maximum absolute atomic E-state index is 13.0. The minimum atomic E-state index is -3.32. The van der Waals surface area contributed by atoms with Gasteiger partial charge in [-0.2, -0.15) is 17.0 Å². The molecule has 0 N–H and O–H groups in total. The molecule has 1 aromatic rings. The van der Waals surface area contributed by atoms with Crippen molar-refractivity contribution in [3.05, 3.63) is 41.7 Å². The summed E-state index contributed by atoms with van der Waals surface area (Å²) in [7, 11) is -0.196. The predicted octanol–water partition coefficient (Wildman–Crippen LogP) is 1.25. The van der Waals surface area contributed by atoms with Crippen molar-refractivity contribution in [1.29, 1.82) is 0 Å². The first kappa shape index (κ1) is 18.5. The third-order valence-electron chi connectivity index (χ3n) is 4.81. The highest BCUT2D eigenvalue weighted by atomic mass is 32.2. The Morgan fingerprint density at radius 1 is 0.960 bits per heavy atom. The van der Waals surface area contributed by atoms with Crippen LogP contribution in [0, 0.1) is 5.82 Å². The van der Waals surface area contributed by atoms with Crippen molar-refractivity contribution >= 4 is 15.8 Å². The number of halogens is 1. The number of piperazine rings is 1. The fraction of sp³-hybridized carbons (Fsp3) is 0.529. The van der Waals surface area contributed by atoms with Gasteiger partial charge in [0.2, 0.25) is 0 Å². The fourth-order valence-corrected chi connectivity index (χ4v) is 4.35. The van der Waals surface area contributed by atoms with E-state index in [-0.39, 0.29) is 5.82 Å². The quantitative estimate of drug-likeness (QED) is 0.803. The second kappa shape index (κ2) is 7.51. The highest BCUT2D eigenvalue weighted by molar-refractivity contribution is 7.86. The Balaban J connectivity index is 1.57. The summed E-state index contributed by atoms with van der Waals surface area (Å²) in [6, 6.07) is 6.63. The summed E-state index contributed by atoms with van der Waals surface area (Å²) in [5.74, 6) is -0.215. The van der Waals surface area contributed by atoms with Crippen LogP contribution in [0.5, 0.6) is 0 Å². The van der Waals surface area contributed by atoms with Crippen LogP contribution in [0.1, 0.15) is 12.0 Å². The Bertz CT molecular complexity index is 726. The van der Waals surface area contributed by atoms with Gasteiger partial charge in [-0.25, -0.2) is 14.4 Å². The number of benzene rings is 1. The standard InChI is InChI=1S/C17H25FN4O2S/c1-19(2)25(23,24)22-13-11-21(12-14-22)20-9-7-16(8-10-20)15-3-5-17(18)6-4-15/h3-7H,8-14H2,1-2H3. The summed E-state index contributed by atoms with van der Waals surface area (Å²) < 4.78 is 40.2. The van der Waals surface area contributed by atoms with Crippen LogP contribution in [0.3, 0.4) is 0 Å². The van der Waals surface area contributed by atoms with E-state index in [1.165, 1.54) is 26.3 Å². The van der Waals surface area contributed by atoms with Gasteiger partial charge in [-0.1, -0.05) is 18.2 Å². The lowest BCUT2D eigenvalue weighted by molar-refractivity contribution is -0.0378. The molecular weight excluding hydrogens is 343 g/mol. The summed E-state index contributed by atoms with van der Waals surface area (Å²) in [5.41, 5.74) is 2.31. The highest BCUT2D eigenvalue weighted by Crippen LogP contribution is 2.24. The molecular formula is C17H25FN4O2S. The molecule has 8 heteroatoms. The predicted molar refractivity (Wildman–Crippen MR) is 96.3 cm³/mol. The monoisotopic (exact) mass is 368 g/mol. The first-order chi connectivity index (χ1) is 11.9. The van der Waals surface area contributed by atoms with Crippen LogP contribution in [0.15, 0.2) is 30.3 Å². The summed E-state index contributed by atoms with van der Waals surface area (Å²) in [4.78, 5) is 0. The maximum Gasteiger partial charge on any atom is 0.281 e. The molecule has 25 heavy (non-hydrogen) atoms. The van der Waals surface area contributed by atoms with Crippen molar-refractivity contribution in [3.8, 4) is 0 Å². The molecule has 1 saturated heterocycles. The van der Waals surface area contributed by atoms with Gasteiger partial charge in [-0.05, 0) is 29.7 Å². The zero-order chi connectivity index (χ0) is 18.0. The lowest BCUT2D eigenvalue weighted by atomic mass is 10.00. The largest absolute Gasteiger partial charge is 0.281 e. The molecule has 138 valence electrons. The van der Waals surface area contributed by atoms with Crippen LogP contribution in [-0.2, 0) is 10.2 Å². The lowest BCUT2D eigenvalue weighted by Gasteiger charge is -2.42. The Kier molecular flexibility index (Phi) is 5.55. The maximum atomic E-state index is 13.0. The molecule has 3 rings (SSSR count). The molecule has 0 radical (unpaired) electrons. The molecule has 0 spiro atoms. The first-order valence-corrected chi connectivity index (χ1v) is 9.90. The van der Waals surface area contributed by atoms with Crippen LogP contribution >= 0.6 is 0 Å². The molecule has 0 unspecified atom stereocenters. The summed E-state index contributed by atoms with van der Waals surface area (Å²) >= 11 is 0. The molecule has 6 nitrogen and oxygen atoms in total. The molecule has 0 aliphatic carbocycles. The molecule has 0 saturated carbocycles. The van der Waals surface area contributed by atoms with Gasteiger partial charge >= 0.3 is 0 Å². The van der Waals surface area contributed by atoms with Crippen molar-refractivity contribution in [2.75, 3.05) is 53.4 Å². The number of hydrogen-bond donors (Lipinski definition) is 0. The molecule has 1 aromatic carbocycles. The zero-order valence-corrected chi connectivity index (χ0v) is 15.5. The SMILES string of the molecule is CN(C)S(=O)(=O)N1CCN(N2CC=C(c3ccc(F)cc3)CC2)CC1. The van der Waals surface area contributed by atoms with E-state index in [1.54, 1.807) is 14.1 Å². The summed E-state index contributed by atoms with van der Waals surface area (Å²) in [6.07, 6.45) is 3.08. The van der Waals surface area contributed by atoms with E-state index in [1.807, 2.05) is 12.1 Å². The van der Waals surface area contributed by atoms with E-state index in [2.05, 4.69) is 16.1 Å². The smallest absolute Gasteiger partial charge is 0.239 e. The van der Waals surface area contributed by atoms with Crippen LogP contribution in [-0.4, -0.2) is 80.4 Å². The first-order valence-electron chi connectivity index (χ1n) is 8.50. The molecule has 1 fully saturated rings. The van der Waals surface area contributed by atoms with Crippen molar-refractivity contribution < 1.29 is 12.8 Å². The van der Waals surface area contributed by atoms with Crippen LogP contribution in [0.4, 0.5) is 4.39 Å². The van der Waals surface area contributed by atoms with Crippen molar-refractivity contribution in [2.45, 2.75) is 6.42 Å². The summed E-state index contributed by atoms with van der Waals surface area (Å²) in [6.45, 7) is 4.10. The van der Waals surface area contributed by atoms with Gasteiger partial charge in [0.15, 0.2) is 0 Å². The van der Waals surface area contributed by atoms with Crippen molar-refractivity contribution in [2.24, 2.45) is 0 Å². The number of hydrogen-bond acceptors (Lipinski definition) is 4. The average Bonchev–Trinajstić information content (AvgIpc) is 2.62. The van der Waals surface area contributed by atoms with Gasteiger partial charge < -0.3 is 0 Å². The van der Waals surface area contributed by atoms with Crippen LogP contribution < -0.4 is 0 Å². The minimum absolute atomic E-state index is 0.215. The topological polar surface area (TPSA) is 47.1 Å². The van der Waals surface area contributed by atoms with Crippen molar-refractivity contribution in [1.82, 2.24) is 18.6 Å². The van der Waals surface area contributed by atoms with Gasteiger partial charge in [-0.3, -0.25) is 0 Å². The van der Waals surface area contributed by atoms with E-state index >= 15 is 0 Å². The number of nitrogens with zero attached hydrogens (tertiary/aromatic N) is 4. The fourth-order valence-electron chi connectivity index (χ4n) is 3.26. The molecule has 0 bridgehead atoms.